The van der Waals surface area contributed by atoms with Gasteiger partial charge in [0.15, 0.2) is 0 Å². The number of nitrogens with zero attached hydrogens (tertiary/aromatic N) is 6. The Hall–Kier alpha value is -2.93. The maximum absolute atomic E-state index is 12.7. The van der Waals surface area contributed by atoms with Gasteiger partial charge < -0.3 is 14.2 Å². The fourth-order valence-corrected chi connectivity index (χ4v) is 5.17. The highest BCUT2D eigenvalue weighted by molar-refractivity contribution is 7.98. The highest BCUT2D eigenvalue weighted by Gasteiger charge is 2.38. The molecule has 0 N–H and O–H groups in total. The molecule has 1 atom stereocenters. The molecule has 35 heavy (non-hydrogen) atoms. The van der Waals surface area contributed by atoms with Gasteiger partial charge in [0.2, 0.25) is 0 Å². The number of rotatable bonds is 6. The van der Waals surface area contributed by atoms with Gasteiger partial charge in [0, 0.05) is 24.8 Å². The smallest absolute Gasteiger partial charge is 0.455 e. The first-order valence-electron chi connectivity index (χ1n) is 10.9. The maximum Gasteiger partial charge on any atom is 0.455 e. The van der Waals surface area contributed by atoms with Crippen LogP contribution >= 0.6 is 23.1 Å². The van der Waals surface area contributed by atoms with Gasteiger partial charge in [-0.15, -0.1) is 11.8 Å². The summed E-state index contributed by atoms with van der Waals surface area (Å²) in [7, 11) is 0. The summed E-state index contributed by atoms with van der Waals surface area (Å²) in [6.07, 6.45) is 0.495. The molecule has 0 aromatic carbocycles. The molecule has 0 aliphatic carbocycles. The summed E-state index contributed by atoms with van der Waals surface area (Å²) in [6.45, 7) is 3.00. The van der Waals surface area contributed by atoms with Crippen molar-refractivity contribution in [3.05, 3.63) is 36.3 Å². The minimum Gasteiger partial charge on any atom is -0.467 e. The van der Waals surface area contributed by atoms with E-state index in [9.17, 15) is 13.2 Å². The van der Waals surface area contributed by atoms with E-state index in [1.807, 2.05) is 43.6 Å². The van der Waals surface area contributed by atoms with Gasteiger partial charge in [-0.25, -0.2) is 15.0 Å². The molecular formula is C22H21F3N6O2S2. The van der Waals surface area contributed by atoms with Crippen molar-refractivity contribution in [2.75, 3.05) is 24.2 Å². The second-order valence-electron chi connectivity index (χ2n) is 8.14. The zero-order valence-electron chi connectivity index (χ0n) is 18.8. The summed E-state index contributed by atoms with van der Waals surface area (Å²) in [5.74, 6) is -1.04. The number of hydrogen-bond donors (Lipinski definition) is 0. The number of piperidine rings is 1. The van der Waals surface area contributed by atoms with Gasteiger partial charge in [0.25, 0.3) is 11.0 Å². The molecule has 0 saturated carbocycles. The van der Waals surface area contributed by atoms with Crippen LogP contribution in [-0.2, 0) is 6.18 Å². The Labute approximate surface area is 206 Å². The highest BCUT2D eigenvalue weighted by Crippen LogP contribution is 2.33. The molecule has 0 spiro atoms. The summed E-state index contributed by atoms with van der Waals surface area (Å²) >= 11 is 2.98. The molecule has 5 heterocycles. The Morgan fingerprint density at radius 1 is 1.14 bits per heavy atom. The maximum atomic E-state index is 12.7. The minimum atomic E-state index is -4.62. The molecule has 1 aliphatic heterocycles. The summed E-state index contributed by atoms with van der Waals surface area (Å²) < 4.78 is 49.1. The van der Waals surface area contributed by atoms with Gasteiger partial charge in [-0.1, -0.05) is 11.3 Å². The van der Waals surface area contributed by atoms with Crippen LogP contribution in [0.5, 0.6) is 5.19 Å². The van der Waals surface area contributed by atoms with Crippen molar-refractivity contribution in [3.63, 3.8) is 0 Å². The number of pyridine rings is 2. The molecule has 1 aliphatic rings. The van der Waals surface area contributed by atoms with E-state index in [0.29, 0.717) is 18.3 Å². The van der Waals surface area contributed by atoms with Crippen LogP contribution in [0, 0.1) is 5.92 Å². The standard InChI is InChI=1S/C22H21F3N6O2S2/c1-12(13-7-9-31(10-8-13)20-29-19(30-33-20)22(23,24)25)32-21-28-16-5-4-15(27-18(16)35-21)14-3-6-17(34-2)26-11-14/h3-6,11-13H,7-10H2,1-2H3. The largest absolute Gasteiger partial charge is 0.467 e. The second-order valence-corrected chi connectivity index (χ2v) is 9.90. The van der Waals surface area contributed by atoms with E-state index in [1.54, 1.807) is 16.7 Å². The van der Waals surface area contributed by atoms with Crippen LogP contribution in [0.25, 0.3) is 21.6 Å². The molecule has 0 radical (unpaired) electrons. The van der Waals surface area contributed by atoms with Crippen LogP contribution < -0.4 is 9.64 Å². The van der Waals surface area contributed by atoms with Crippen molar-refractivity contribution in [2.24, 2.45) is 5.92 Å². The zero-order valence-corrected chi connectivity index (χ0v) is 20.5. The molecule has 1 fully saturated rings. The average Bonchev–Trinajstić information content (AvgIpc) is 3.51. The van der Waals surface area contributed by atoms with Crippen LogP contribution in [0.3, 0.4) is 0 Å². The zero-order chi connectivity index (χ0) is 24.6. The summed E-state index contributed by atoms with van der Waals surface area (Å²) in [4.78, 5) is 19.6. The molecule has 1 unspecified atom stereocenters. The van der Waals surface area contributed by atoms with Crippen LogP contribution in [0.2, 0.25) is 0 Å². The third-order valence-electron chi connectivity index (χ3n) is 5.91. The average molecular weight is 523 g/mol. The SMILES string of the molecule is CSc1ccc(-c2ccc3nc(OC(C)C4CCN(c5nc(C(F)(F)F)no5)CC4)sc3n2)cn1. The predicted octanol–water partition coefficient (Wildman–Crippen LogP) is 5.56. The van der Waals surface area contributed by atoms with E-state index in [0.717, 1.165) is 39.5 Å². The number of alkyl halides is 3. The molecule has 0 bridgehead atoms. The van der Waals surface area contributed by atoms with Crippen LogP contribution in [0.15, 0.2) is 40.0 Å². The molecule has 0 amide bonds. The molecule has 13 heteroatoms. The first-order chi connectivity index (χ1) is 16.8. The number of anilines is 1. The Balaban J connectivity index is 1.21. The number of aromatic nitrogens is 5. The van der Waals surface area contributed by atoms with Crippen molar-refractivity contribution in [1.82, 2.24) is 25.1 Å². The van der Waals surface area contributed by atoms with E-state index < -0.39 is 12.0 Å². The van der Waals surface area contributed by atoms with E-state index in [1.165, 1.54) is 11.3 Å². The van der Waals surface area contributed by atoms with Gasteiger partial charge in [-0.2, -0.15) is 18.2 Å². The quantitative estimate of drug-likeness (QED) is 0.302. The Morgan fingerprint density at radius 3 is 2.60 bits per heavy atom. The number of ether oxygens (including phenoxy) is 1. The molecule has 1 saturated heterocycles. The van der Waals surface area contributed by atoms with Gasteiger partial charge >= 0.3 is 12.2 Å². The van der Waals surface area contributed by atoms with E-state index >= 15 is 0 Å². The van der Waals surface area contributed by atoms with E-state index in [2.05, 4.69) is 20.1 Å². The van der Waals surface area contributed by atoms with Crippen molar-refractivity contribution >= 4 is 39.5 Å². The lowest BCUT2D eigenvalue weighted by molar-refractivity contribution is -0.146. The summed E-state index contributed by atoms with van der Waals surface area (Å²) in [6, 6.07) is 7.70. The number of thiazole rings is 1. The van der Waals surface area contributed by atoms with Crippen LogP contribution in [0.1, 0.15) is 25.6 Å². The van der Waals surface area contributed by atoms with Gasteiger partial charge in [0.1, 0.15) is 16.5 Å². The molecule has 8 nitrogen and oxygen atoms in total. The second kappa shape index (κ2) is 9.61. The fraction of sp³-hybridized carbons (Fsp3) is 0.409. The first-order valence-corrected chi connectivity index (χ1v) is 12.9. The number of halogens is 3. The molecule has 5 rings (SSSR count). The molecule has 184 valence electrons. The lowest BCUT2D eigenvalue weighted by atomic mass is 9.92. The fourth-order valence-electron chi connectivity index (χ4n) is 3.94. The highest BCUT2D eigenvalue weighted by atomic mass is 32.2. The third kappa shape index (κ3) is 5.20. The molecule has 4 aromatic heterocycles. The molecular weight excluding hydrogens is 501 g/mol. The Bertz CT molecular complexity index is 1300. The molecule has 4 aromatic rings. The van der Waals surface area contributed by atoms with Gasteiger partial charge in [0.05, 0.1) is 10.7 Å². The number of thioether (sulfide) groups is 1. The number of fused-ring (bicyclic) bond motifs is 1. The van der Waals surface area contributed by atoms with E-state index in [-0.39, 0.29) is 18.0 Å². The van der Waals surface area contributed by atoms with Gasteiger partial charge in [-0.05, 0) is 61.4 Å². The minimum absolute atomic E-state index is 0.101. The van der Waals surface area contributed by atoms with Crippen LogP contribution in [0.4, 0.5) is 19.2 Å². The normalized spacial score (nSPS) is 16.1. The van der Waals surface area contributed by atoms with Crippen molar-refractivity contribution in [2.45, 2.75) is 37.1 Å². The van der Waals surface area contributed by atoms with Gasteiger partial charge in [-0.3, -0.25) is 0 Å². The lowest BCUT2D eigenvalue weighted by Crippen LogP contribution is -2.38. The van der Waals surface area contributed by atoms with Crippen LogP contribution in [-0.4, -0.2) is 50.5 Å². The van der Waals surface area contributed by atoms with Crippen molar-refractivity contribution < 1.29 is 22.4 Å². The van der Waals surface area contributed by atoms with E-state index in [4.69, 9.17) is 14.2 Å². The predicted molar refractivity (Wildman–Crippen MR) is 127 cm³/mol. The summed E-state index contributed by atoms with van der Waals surface area (Å²) in [5, 5.41) is 4.53. The summed E-state index contributed by atoms with van der Waals surface area (Å²) in [5.41, 5.74) is 2.52. The van der Waals surface area contributed by atoms with Crippen molar-refractivity contribution in [3.8, 4) is 16.5 Å². The third-order valence-corrected chi connectivity index (χ3v) is 7.42. The lowest BCUT2D eigenvalue weighted by Gasteiger charge is -2.33. The first kappa shape index (κ1) is 23.8. The Kier molecular flexibility index (Phi) is 6.53. The van der Waals surface area contributed by atoms with Crippen molar-refractivity contribution in [1.29, 1.82) is 0 Å². The monoisotopic (exact) mass is 522 g/mol. The topological polar surface area (TPSA) is 90.1 Å². The Morgan fingerprint density at radius 2 is 1.94 bits per heavy atom. The number of hydrogen-bond acceptors (Lipinski definition) is 10.